The molecule has 0 saturated carbocycles. The molecule has 2 aromatic rings. The lowest BCUT2D eigenvalue weighted by Gasteiger charge is -2.00. The van der Waals surface area contributed by atoms with E-state index in [0.29, 0.717) is 5.56 Å². The molecule has 2 rings (SSSR count). The van der Waals surface area contributed by atoms with Crippen LogP contribution in [0.15, 0.2) is 22.7 Å². The predicted molar refractivity (Wildman–Crippen MR) is 49.0 cm³/mol. The van der Waals surface area contributed by atoms with Crippen LogP contribution in [0.3, 0.4) is 0 Å². The number of carbonyl (C=O) groups is 1. The highest BCUT2D eigenvalue weighted by molar-refractivity contribution is 5.97. The van der Waals surface area contributed by atoms with E-state index < -0.39 is 11.9 Å². The van der Waals surface area contributed by atoms with E-state index in [-0.39, 0.29) is 16.7 Å². The van der Waals surface area contributed by atoms with Crippen LogP contribution in [0, 0.1) is 0 Å². The van der Waals surface area contributed by atoms with Gasteiger partial charge < -0.3 is 4.52 Å². The third kappa shape index (κ3) is 1.66. The second-order valence-electron chi connectivity index (χ2n) is 3.30. The van der Waals surface area contributed by atoms with E-state index in [4.69, 9.17) is 0 Å². The van der Waals surface area contributed by atoms with E-state index >= 15 is 0 Å². The fourth-order valence-corrected chi connectivity index (χ4v) is 1.37. The van der Waals surface area contributed by atoms with E-state index in [9.17, 15) is 18.0 Å². The summed E-state index contributed by atoms with van der Waals surface area (Å²) in [5.74, 6) is -1.38. The first-order chi connectivity index (χ1) is 7.39. The Morgan fingerprint density at radius 2 is 2.06 bits per heavy atom. The molecule has 0 saturated heterocycles. The Bertz CT molecular complexity index is 557. The van der Waals surface area contributed by atoms with E-state index in [0.717, 1.165) is 0 Å². The summed E-state index contributed by atoms with van der Waals surface area (Å²) >= 11 is 0. The van der Waals surface area contributed by atoms with Crippen LogP contribution >= 0.6 is 0 Å². The third-order valence-corrected chi connectivity index (χ3v) is 2.14. The van der Waals surface area contributed by atoms with E-state index in [1.165, 1.54) is 25.1 Å². The van der Waals surface area contributed by atoms with Crippen LogP contribution in [-0.4, -0.2) is 10.9 Å². The number of nitrogens with zero attached hydrogens (tertiary/aromatic N) is 1. The molecule has 1 heterocycles. The first-order valence-corrected chi connectivity index (χ1v) is 4.37. The van der Waals surface area contributed by atoms with Crippen LogP contribution in [0.25, 0.3) is 10.9 Å². The molecular formula is C10H6F3NO2. The lowest BCUT2D eigenvalue weighted by atomic mass is 10.1. The van der Waals surface area contributed by atoms with Gasteiger partial charge in [-0.15, -0.1) is 0 Å². The fourth-order valence-electron chi connectivity index (χ4n) is 1.37. The highest BCUT2D eigenvalue weighted by Crippen LogP contribution is 2.34. The summed E-state index contributed by atoms with van der Waals surface area (Å²) in [7, 11) is 0. The molecule has 0 aliphatic rings. The minimum atomic E-state index is -4.58. The molecule has 0 spiro atoms. The van der Waals surface area contributed by atoms with Gasteiger partial charge in [-0.3, -0.25) is 4.79 Å². The van der Waals surface area contributed by atoms with E-state index in [1.807, 2.05) is 0 Å². The summed E-state index contributed by atoms with van der Waals surface area (Å²) < 4.78 is 41.5. The fraction of sp³-hybridized carbons (Fsp3) is 0.200. The van der Waals surface area contributed by atoms with Gasteiger partial charge in [0.15, 0.2) is 5.78 Å². The van der Waals surface area contributed by atoms with Gasteiger partial charge in [0.05, 0.1) is 5.39 Å². The molecule has 0 fully saturated rings. The minimum absolute atomic E-state index is 0.0278. The number of carbonyl (C=O) groups excluding carboxylic acids is 1. The number of Topliss-reactive ketones (excluding diaryl/α,β-unsaturated/α-hetero) is 1. The second kappa shape index (κ2) is 3.33. The number of alkyl halides is 3. The molecule has 0 bridgehead atoms. The van der Waals surface area contributed by atoms with Gasteiger partial charge in [0.2, 0.25) is 5.76 Å². The van der Waals surface area contributed by atoms with Crippen molar-refractivity contribution in [3.63, 3.8) is 0 Å². The summed E-state index contributed by atoms with van der Waals surface area (Å²) in [4.78, 5) is 11.0. The number of benzene rings is 1. The molecule has 0 N–H and O–H groups in total. The summed E-state index contributed by atoms with van der Waals surface area (Å²) in [6.07, 6.45) is -4.58. The molecule has 6 heteroatoms. The Morgan fingerprint density at radius 3 is 2.62 bits per heavy atom. The van der Waals surface area contributed by atoms with E-state index in [2.05, 4.69) is 9.68 Å². The molecule has 0 amide bonds. The molecule has 84 valence electrons. The molecule has 3 nitrogen and oxygen atoms in total. The van der Waals surface area contributed by atoms with Gasteiger partial charge in [-0.2, -0.15) is 13.2 Å². The van der Waals surface area contributed by atoms with Crippen molar-refractivity contribution < 1.29 is 22.5 Å². The van der Waals surface area contributed by atoms with Crippen LogP contribution in [0.2, 0.25) is 0 Å². The molecule has 16 heavy (non-hydrogen) atoms. The SMILES string of the molecule is CC(=O)c1ccc2c(C(F)(F)F)onc2c1. The van der Waals surface area contributed by atoms with Crippen LogP contribution in [0.1, 0.15) is 23.0 Å². The van der Waals surface area contributed by atoms with Crippen LogP contribution < -0.4 is 0 Å². The summed E-state index contributed by atoms with van der Waals surface area (Å²) in [5.41, 5.74) is 0.328. The molecule has 0 radical (unpaired) electrons. The van der Waals surface area contributed by atoms with E-state index in [1.54, 1.807) is 0 Å². The van der Waals surface area contributed by atoms with Crippen LogP contribution in [0.4, 0.5) is 13.2 Å². The van der Waals surface area contributed by atoms with Crippen molar-refractivity contribution in [2.24, 2.45) is 0 Å². The Labute approximate surface area is 87.8 Å². The average molecular weight is 229 g/mol. The Hall–Kier alpha value is -1.85. The first kappa shape index (κ1) is 10.7. The maximum Gasteiger partial charge on any atom is 0.453 e. The molecule has 0 atom stereocenters. The number of halogens is 3. The highest BCUT2D eigenvalue weighted by atomic mass is 19.4. The number of rotatable bonds is 1. The first-order valence-electron chi connectivity index (χ1n) is 4.37. The zero-order valence-electron chi connectivity index (χ0n) is 8.13. The van der Waals surface area contributed by atoms with Crippen molar-refractivity contribution >= 4 is 16.7 Å². The van der Waals surface area contributed by atoms with Gasteiger partial charge in [-0.05, 0) is 19.1 Å². The number of fused-ring (bicyclic) bond motifs is 1. The van der Waals surface area contributed by atoms with Crippen molar-refractivity contribution in [1.29, 1.82) is 0 Å². The zero-order chi connectivity index (χ0) is 11.9. The summed E-state index contributed by atoms with van der Waals surface area (Å²) in [6, 6.07) is 3.78. The standard InChI is InChI=1S/C10H6F3NO2/c1-5(15)6-2-3-7-8(4-6)14-16-9(7)10(11,12)13/h2-4H,1H3. The Balaban J connectivity index is 2.64. The summed E-state index contributed by atoms with van der Waals surface area (Å²) in [5, 5.41) is 3.14. The Kier molecular flexibility index (Phi) is 2.22. The number of hydrogen-bond donors (Lipinski definition) is 0. The van der Waals surface area contributed by atoms with Crippen LogP contribution in [0.5, 0.6) is 0 Å². The maximum absolute atomic E-state index is 12.4. The van der Waals surface area contributed by atoms with Gasteiger partial charge in [-0.1, -0.05) is 11.2 Å². The number of aromatic nitrogens is 1. The van der Waals surface area contributed by atoms with Crippen molar-refractivity contribution in [1.82, 2.24) is 5.16 Å². The third-order valence-electron chi connectivity index (χ3n) is 2.14. The van der Waals surface area contributed by atoms with Gasteiger partial charge in [0.25, 0.3) is 0 Å². The van der Waals surface area contributed by atoms with Crippen molar-refractivity contribution in [2.75, 3.05) is 0 Å². The second-order valence-corrected chi connectivity index (χ2v) is 3.30. The zero-order valence-corrected chi connectivity index (χ0v) is 8.13. The van der Waals surface area contributed by atoms with Gasteiger partial charge in [-0.25, -0.2) is 0 Å². The quantitative estimate of drug-likeness (QED) is 0.706. The lowest BCUT2D eigenvalue weighted by Crippen LogP contribution is -2.03. The number of hydrogen-bond acceptors (Lipinski definition) is 3. The maximum atomic E-state index is 12.4. The molecule has 0 aliphatic carbocycles. The van der Waals surface area contributed by atoms with Crippen molar-refractivity contribution in [3.05, 3.63) is 29.5 Å². The topological polar surface area (TPSA) is 43.1 Å². The molecular weight excluding hydrogens is 223 g/mol. The largest absolute Gasteiger partial charge is 0.453 e. The molecule has 0 unspecified atom stereocenters. The molecule has 0 aliphatic heterocycles. The Morgan fingerprint density at radius 1 is 1.38 bits per heavy atom. The lowest BCUT2D eigenvalue weighted by molar-refractivity contribution is -0.154. The van der Waals surface area contributed by atoms with Gasteiger partial charge in [0, 0.05) is 5.56 Å². The van der Waals surface area contributed by atoms with Crippen LogP contribution in [-0.2, 0) is 6.18 Å². The monoisotopic (exact) mass is 229 g/mol. The summed E-state index contributed by atoms with van der Waals surface area (Å²) in [6.45, 7) is 1.33. The number of ketones is 1. The average Bonchev–Trinajstić information content (AvgIpc) is 2.58. The van der Waals surface area contributed by atoms with Crippen molar-refractivity contribution in [2.45, 2.75) is 13.1 Å². The van der Waals surface area contributed by atoms with Crippen molar-refractivity contribution in [3.8, 4) is 0 Å². The van der Waals surface area contributed by atoms with Gasteiger partial charge in [0.1, 0.15) is 5.52 Å². The molecule has 1 aromatic carbocycles. The smallest absolute Gasteiger partial charge is 0.350 e. The predicted octanol–water partition coefficient (Wildman–Crippen LogP) is 3.05. The minimum Gasteiger partial charge on any atom is -0.350 e. The molecule has 1 aromatic heterocycles. The van der Waals surface area contributed by atoms with Gasteiger partial charge >= 0.3 is 6.18 Å². The highest BCUT2D eigenvalue weighted by Gasteiger charge is 2.38. The normalized spacial score (nSPS) is 12.0.